The van der Waals surface area contributed by atoms with Crippen molar-refractivity contribution in [3.05, 3.63) is 0 Å². The molecular formula is C8H18O8. The molecule has 0 aliphatic carbocycles. The molecule has 0 aromatic rings. The van der Waals surface area contributed by atoms with E-state index < -0.39 is 50.5 Å². The van der Waals surface area contributed by atoms with Crippen LogP contribution < -0.4 is 0 Å². The molecule has 0 amide bonds. The minimum Gasteiger partial charge on any atom is -0.396 e. The van der Waals surface area contributed by atoms with Crippen LogP contribution in [0.3, 0.4) is 0 Å². The molecule has 0 aliphatic heterocycles. The number of aliphatic hydroxyl groups excluding tert-OH is 4. The molecule has 16 heavy (non-hydrogen) atoms. The van der Waals surface area contributed by atoms with Crippen molar-refractivity contribution >= 4 is 0 Å². The van der Waals surface area contributed by atoms with E-state index in [4.69, 9.17) is 35.7 Å². The molecule has 8 heteroatoms. The number of aliphatic hydroxyl groups is 7. The third-order valence-corrected chi connectivity index (χ3v) is 2.04. The second-order valence-electron chi connectivity index (χ2n) is 3.72. The Morgan fingerprint density at radius 2 is 1.38 bits per heavy atom. The van der Waals surface area contributed by atoms with Gasteiger partial charge in [-0.3, -0.25) is 0 Å². The zero-order chi connectivity index (χ0) is 12.8. The van der Waals surface area contributed by atoms with Crippen LogP contribution >= 0.6 is 0 Å². The number of rotatable bonds is 8. The lowest BCUT2D eigenvalue weighted by atomic mass is 9.93. The highest BCUT2D eigenvalue weighted by atomic mass is 16.7. The van der Waals surface area contributed by atoms with E-state index in [2.05, 4.69) is 4.74 Å². The van der Waals surface area contributed by atoms with E-state index in [0.717, 1.165) is 0 Å². The molecule has 0 fully saturated rings. The zero-order valence-corrected chi connectivity index (χ0v) is 8.65. The molecule has 0 radical (unpaired) electrons. The Morgan fingerprint density at radius 3 is 1.69 bits per heavy atom. The molecule has 0 aromatic carbocycles. The van der Waals surface area contributed by atoms with Crippen molar-refractivity contribution in [3.8, 4) is 0 Å². The molecule has 0 rings (SSSR count). The third kappa shape index (κ3) is 5.68. The first-order chi connectivity index (χ1) is 7.28. The van der Waals surface area contributed by atoms with Gasteiger partial charge in [0.15, 0.2) is 6.29 Å². The summed E-state index contributed by atoms with van der Waals surface area (Å²) in [6.07, 6.45) is -2.59. The Morgan fingerprint density at radius 1 is 0.938 bits per heavy atom. The highest BCUT2D eigenvalue weighted by Crippen LogP contribution is 2.17. The first-order valence-electron chi connectivity index (χ1n) is 4.58. The maximum atomic E-state index is 9.09. The largest absolute Gasteiger partial charge is 0.396 e. The zero-order valence-electron chi connectivity index (χ0n) is 8.65. The predicted octanol–water partition coefficient (Wildman–Crippen LogP) is -3.69. The van der Waals surface area contributed by atoms with Crippen LogP contribution in [0, 0.1) is 5.41 Å². The number of hydrogen-bond acceptors (Lipinski definition) is 8. The smallest absolute Gasteiger partial charge is 0.280 e. The minimum atomic E-state index is -3.07. The second kappa shape index (κ2) is 6.42. The van der Waals surface area contributed by atoms with Crippen LogP contribution in [0.1, 0.15) is 6.42 Å². The van der Waals surface area contributed by atoms with Gasteiger partial charge in [0.25, 0.3) is 5.97 Å². The third-order valence-electron chi connectivity index (χ3n) is 2.04. The van der Waals surface area contributed by atoms with Crippen molar-refractivity contribution in [2.24, 2.45) is 5.41 Å². The molecule has 1 atom stereocenters. The molecule has 0 heterocycles. The average Bonchev–Trinajstić information content (AvgIpc) is 2.18. The molecule has 0 saturated carbocycles. The molecule has 1 unspecified atom stereocenters. The maximum Gasteiger partial charge on any atom is 0.280 e. The lowest BCUT2D eigenvalue weighted by molar-refractivity contribution is -0.338. The fourth-order valence-electron chi connectivity index (χ4n) is 0.853. The molecule has 0 spiro atoms. The monoisotopic (exact) mass is 242 g/mol. The summed E-state index contributed by atoms with van der Waals surface area (Å²) < 4.78 is 4.65. The van der Waals surface area contributed by atoms with E-state index in [1.165, 1.54) is 0 Å². The number of hydrogen-bond donors (Lipinski definition) is 7. The van der Waals surface area contributed by atoms with Gasteiger partial charge in [0, 0.05) is 0 Å². The summed E-state index contributed by atoms with van der Waals surface area (Å²) in [7, 11) is 0. The van der Waals surface area contributed by atoms with E-state index in [9.17, 15) is 0 Å². The van der Waals surface area contributed by atoms with Crippen LogP contribution in [0.2, 0.25) is 0 Å². The first-order valence-corrected chi connectivity index (χ1v) is 4.58. The van der Waals surface area contributed by atoms with E-state index in [1.807, 2.05) is 0 Å². The average molecular weight is 242 g/mol. The van der Waals surface area contributed by atoms with E-state index in [0.29, 0.717) is 0 Å². The van der Waals surface area contributed by atoms with Gasteiger partial charge in [0.1, 0.15) is 0 Å². The summed E-state index contributed by atoms with van der Waals surface area (Å²) in [4.78, 5) is 0. The highest BCUT2D eigenvalue weighted by Gasteiger charge is 2.31. The van der Waals surface area contributed by atoms with Crippen molar-refractivity contribution < 1.29 is 40.5 Å². The van der Waals surface area contributed by atoms with Crippen LogP contribution in [0.15, 0.2) is 0 Å². The Bertz CT molecular complexity index is 177. The van der Waals surface area contributed by atoms with Gasteiger partial charge >= 0.3 is 0 Å². The Balaban J connectivity index is 4.11. The van der Waals surface area contributed by atoms with Gasteiger partial charge in [-0.2, -0.15) is 0 Å². The fraction of sp³-hybridized carbons (Fsp3) is 1.00. The van der Waals surface area contributed by atoms with E-state index >= 15 is 0 Å². The summed E-state index contributed by atoms with van der Waals surface area (Å²) in [6.45, 7) is -2.13. The summed E-state index contributed by atoms with van der Waals surface area (Å²) in [5.74, 6) is -3.07. The SMILES string of the molecule is OCC(CO)(CO)COC(O)CC(O)(O)O. The molecule has 0 saturated heterocycles. The number of ether oxygens (including phenoxy) is 1. The molecule has 0 aromatic heterocycles. The Kier molecular flexibility index (Phi) is 6.30. The highest BCUT2D eigenvalue weighted by molar-refractivity contribution is 4.76. The van der Waals surface area contributed by atoms with Crippen LogP contribution in [0.25, 0.3) is 0 Å². The van der Waals surface area contributed by atoms with Gasteiger partial charge in [-0.1, -0.05) is 0 Å². The molecule has 0 bridgehead atoms. The standard InChI is InChI=1S/C8H18O8/c9-2-7(3-10,4-11)5-16-6(12)1-8(13,14)15/h6,9-15H,1-5H2. The van der Waals surface area contributed by atoms with Crippen LogP contribution in [0.4, 0.5) is 0 Å². The van der Waals surface area contributed by atoms with Crippen molar-refractivity contribution in [2.45, 2.75) is 18.7 Å². The molecular weight excluding hydrogens is 224 g/mol. The van der Waals surface area contributed by atoms with Crippen molar-refractivity contribution in [1.82, 2.24) is 0 Å². The topological polar surface area (TPSA) is 151 Å². The van der Waals surface area contributed by atoms with Crippen molar-refractivity contribution in [1.29, 1.82) is 0 Å². The summed E-state index contributed by atoms with van der Waals surface area (Å²) in [5.41, 5.74) is -1.33. The van der Waals surface area contributed by atoms with Gasteiger partial charge in [0.2, 0.25) is 0 Å². The van der Waals surface area contributed by atoms with Crippen molar-refractivity contribution in [3.63, 3.8) is 0 Å². The van der Waals surface area contributed by atoms with Gasteiger partial charge < -0.3 is 40.5 Å². The quantitative estimate of drug-likeness (QED) is 0.215. The Hall–Kier alpha value is -0.320. The van der Waals surface area contributed by atoms with Gasteiger partial charge in [-0.05, 0) is 0 Å². The molecule has 0 aliphatic rings. The van der Waals surface area contributed by atoms with Gasteiger partial charge in [0.05, 0.1) is 38.3 Å². The van der Waals surface area contributed by atoms with Crippen molar-refractivity contribution in [2.75, 3.05) is 26.4 Å². The first kappa shape index (κ1) is 15.7. The lowest BCUT2D eigenvalue weighted by Gasteiger charge is -2.28. The van der Waals surface area contributed by atoms with Crippen LogP contribution in [-0.4, -0.2) is 74.4 Å². The van der Waals surface area contributed by atoms with Crippen LogP contribution in [0.5, 0.6) is 0 Å². The molecule has 98 valence electrons. The lowest BCUT2D eigenvalue weighted by Crippen LogP contribution is -2.41. The summed E-state index contributed by atoms with van der Waals surface area (Å²) >= 11 is 0. The van der Waals surface area contributed by atoms with Gasteiger partial charge in [-0.25, -0.2) is 0 Å². The van der Waals surface area contributed by atoms with Crippen LogP contribution in [-0.2, 0) is 4.74 Å². The van der Waals surface area contributed by atoms with Gasteiger partial charge in [-0.15, -0.1) is 0 Å². The minimum absolute atomic E-state index is 0.409. The Labute approximate surface area is 92.0 Å². The second-order valence-corrected chi connectivity index (χ2v) is 3.72. The maximum absolute atomic E-state index is 9.09. The summed E-state index contributed by atoms with van der Waals surface area (Å²) in [6, 6.07) is 0. The summed E-state index contributed by atoms with van der Waals surface area (Å²) in [5, 5.41) is 61.3. The molecule has 8 nitrogen and oxygen atoms in total. The van der Waals surface area contributed by atoms with E-state index in [-0.39, 0.29) is 0 Å². The fourth-order valence-corrected chi connectivity index (χ4v) is 0.853. The predicted molar refractivity (Wildman–Crippen MR) is 49.7 cm³/mol. The normalized spacial score (nSPS) is 15.2. The van der Waals surface area contributed by atoms with E-state index in [1.54, 1.807) is 0 Å². The molecule has 7 N–H and O–H groups in total.